The quantitative estimate of drug-likeness (QED) is 0.884. The van der Waals surface area contributed by atoms with Crippen molar-refractivity contribution in [1.82, 2.24) is 9.71 Å². The van der Waals surface area contributed by atoms with Crippen molar-refractivity contribution in [3.63, 3.8) is 0 Å². The molecule has 4 nitrogen and oxygen atoms in total. The summed E-state index contributed by atoms with van der Waals surface area (Å²) in [6.45, 7) is 2.23. The fraction of sp³-hybridized carbons (Fsp3) is 0.300. The van der Waals surface area contributed by atoms with Crippen LogP contribution in [0.25, 0.3) is 0 Å². The van der Waals surface area contributed by atoms with Crippen LogP contribution in [-0.4, -0.2) is 19.9 Å². The molecule has 0 aliphatic heterocycles. The van der Waals surface area contributed by atoms with Crippen LogP contribution < -0.4 is 4.72 Å². The third kappa shape index (κ3) is 3.39. The van der Waals surface area contributed by atoms with E-state index >= 15 is 0 Å². The predicted octanol–water partition coefficient (Wildman–Crippen LogP) is 2.80. The van der Waals surface area contributed by atoms with Gasteiger partial charge in [0.15, 0.2) is 0 Å². The second kappa shape index (κ2) is 5.79. The Hall–Kier alpha value is -0.280. The van der Waals surface area contributed by atoms with E-state index in [0.717, 1.165) is 15.0 Å². The van der Waals surface area contributed by atoms with E-state index in [2.05, 4.69) is 25.6 Å². The smallest absolute Gasteiger partial charge is 0.250 e. The van der Waals surface area contributed by atoms with E-state index in [-0.39, 0.29) is 0 Å². The van der Waals surface area contributed by atoms with Crippen LogP contribution in [0.5, 0.6) is 0 Å². The maximum Gasteiger partial charge on any atom is 0.250 e. The van der Waals surface area contributed by atoms with Gasteiger partial charge in [0.05, 0.1) is 15.0 Å². The average Bonchev–Trinajstić information content (AvgIpc) is 2.90. The molecule has 2 aromatic rings. The van der Waals surface area contributed by atoms with Gasteiger partial charge in [-0.2, -0.15) is 0 Å². The van der Waals surface area contributed by atoms with Gasteiger partial charge in [-0.15, -0.1) is 22.7 Å². The van der Waals surface area contributed by atoms with Crippen molar-refractivity contribution in [3.8, 4) is 0 Å². The van der Waals surface area contributed by atoms with Crippen molar-refractivity contribution < 1.29 is 8.42 Å². The molecule has 0 fully saturated rings. The van der Waals surface area contributed by atoms with Crippen molar-refractivity contribution in [2.75, 3.05) is 6.54 Å². The van der Waals surface area contributed by atoms with Gasteiger partial charge in [-0.05, 0) is 34.5 Å². The number of nitrogens with zero attached hydrogens (tertiary/aromatic N) is 1. The van der Waals surface area contributed by atoms with E-state index in [9.17, 15) is 8.42 Å². The van der Waals surface area contributed by atoms with Crippen LogP contribution in [0.4, 0.5) is 0 Å². The Morgan fingerprint density at radius 2 is 2.28 bits per heavy atom. The number of thiazole rings is 1. The third-order valence-corrected chi connectivity index (χ3v) is 6.96. The van der Waals surface area contributed by atoms with Gasteiger partial charge < -0.3 is 0 Å². The van der Waals surface area contributed by atoms with Crippen molar-refractivity contribution in [1.29, 1.82) is 0 Å². The molecule has 2 rings (SSSR count). The molecule has 0 aliphatic carbocycles. The first-order valence-electron chi connectivity index (χ1n) is 5.12. The lowest BCUT2D eigenvalue weighted by molar-refractivity contribution is 0.583. The number of sulfonamides is 1. The highest BCUT2D eigenvalue weighted by Gasteiger charge is 2.17. The minimum absolute atomic E-state index is 0.338. The molecule has 0 amide bonds. The van der Waals surface area contributed by atoms with Crippen LogP contribution in [-0.2, 0) is 16.4 Å². The summed E-state index contributed by atoms with van der Waals surface area (Å²) in [6, 6.07) is 1.67. The monoisotopic (exact) mass is 366 g/mol. The number of aryl methyl sites for hydroxylation is 1. The maximum absolute atomic E-state index is 12.0. The molecule has 0 saturated heterocycles. The zero-order chi connectivity index (χ0) is 13.2. The Kier molecular flexibility index (Phi) is 4.54. The number of hydrogen-bond donors (Lipinski definition) is 1. The first-order valence-corrected chi connectivity index (χ1v) is 9.15. The topological polar surface area (TPSA) is 59.1 Å². The first-order chi connectivity index (χ1) is 8.49. The summed E-state index contributed by atoms with van der Waals surface area (Å²) in [7, 11) is -3.40. The zero-order valence-corrected chi connectivity index (χ0v) is 13.5. The van der Waals surface area contributed by atoms with Crippen LogP contribution >= 0.6 is 38.6 Å². The molecular weight excluding hydrogens is 356 g/mol. The highest BCUT2D eigenvalue weighted by Crippen LogP contribution is 2.30. The number of thiophene rings is 1. The molecule has 98 valence electrons. The Bertz CT molecular complexity index is 600. The highest BCUT2D eigenvalue weighted by molar-refractivity contribution is 9.11. The lowest BCUT2D eigenvalue weighted by Gasteiger charge is -2.02. The molecule has 0 radical (unpaired) electrons. The molecule has 0 aliphatic rings. The van der Waals surface area contributed by atoms with Gasteiger partial charge in [-0.3, -0.25) is 0 Å². The van der Waals surface area contributed by atoms with Gasteiger partial charge in [0.25, 0.3) is 0 Å². The second-order valence-electron chi connectivity index (χ2n) is 3.65. The highest BCUT2D eigenvalue weighted by atomic mass is 79.9. The summed E-state index contributed by atoms with van der Waals surface area (Å²) < 4.78 is 27.7. The molecule has 0 spiro atoms. The van der Waals surface area contributed by atoms with Crippen molar-refractivity contribution in [3.05, 3.63) is 32.0 Å². The molecule has 0 aromatic carbocycles. The SMILES string of the molecule is Cc1cc(S(=O)(=O)NCCc2cscn2)sc1Br. The van der Waals surface area contributed by atoms with Gasteiger partial charge in [0.1, 0.15) is 4.21 Å². The van der Waals surface area contributed by atoms with Gasteiger partial charge in [0.2, 0.25) is 10.0 Å². The minimum atomic E-state index is -3.40. The van der Waals surface area contributed by atoms with Crippen molar-refractivity contribution >= 4 is 48.6 Å². The van der Waals surface area contributed by atoms with Crippen LogP contribution in [0.2, 0.25) is 0 Å². The molecule has 0 saturated carbocycles. The Labute approximate surface area is 122 Å². The predicted molar refractivity (Wildman–Crippen MR) is 77.8 cm³/mol. The van der Waals surface area contributed by atoms with E-state index in [0.29, 0.717) is 17.2 Å². The lowest BCUT2D eigenvalue weighted by atomic mass is 10.3. The van der Waals surface area contributed by atoms with E-state index in [1.807, 2.05) is 12.3 Å². The summed E-state index contributed by atoms with van der Waals surface area (Å²) in [5.41, 5.74) is 3.58. The number of nitrogens with one attached hydrogen (secondary N) is 1. The Balaban J connectivity index is 1.99. The number of aromatic nitrogens is 1. The normalized spacial score (nSPS) is 11.9. The van der Waals surface area contributed by atoms with Crippen LogP contribution in [0.3, 0.4) is 0 Å². The standard InChI is InChI=1S/C10H11BrN2O2S3/c1-7-4-9(17-10(7)11)18(14,15)13-3-2-8-5-16-6-12-8/h4-6,13H,2-3H2,1H3. The summed E-state index contributed by atoms with van der Waals surface area (Å²) >= 11 is 6.05. The average molecular weight is 367 g/mol. The summed E-state index contributed by atoms with van der Waals surface area (Å²) in [4.78, 5) is 4.11. The largest absolute Gasteiger partial charge is 0.250 e. The summed E-state index contributed by atoms with van der Waals surface area (Å²) in [5, 5.41) is 1.92. The molecule has 8 heteroatoms. The molecule has 0 atom stereocenters. The van der Waals surface area contributed by atoms with Crippen molar-refractivity contribution in [2.45, 2.75) is 17.6 Å². The van der Waals surface area contributed by atoms with Crippen LogP contribution in [0.15, 0.2) is 25.0 Å². The first kappa shape index (κ1) is 14.1. The molecule has 1 N–H and O–H groups in total. The summed E-state index contributed by atoms with van der Waals surface area (Å²) in [6.07, 6.45) is 0.605. The fourth-order valence-corrected chi connectivity index (χ4v) is 5.20. The van der Waals surface area contributed by atoms with Gasteiger partial charge in [-0.25, -0.2) is 18.1 Å². The molecular formula is C10H11BrN2O2S3. The fourth-order valence-electron chi connectivity index (χ4n) is 1.31. The van der Waals surface area contributed by atoms with E-state index < -0.39 is 10.0 Å². The lowest BCUT2D eigenvalue weighted by Crippen LogP contribution is -2.25. The Morgan fingerprint density at radius 1 is 1.50 bits per heavy atom. The maximum atomic E-state index is 12.0. The number of rotatable bonds is 5. The molecule has 2 heterocycles. The molecule has 18 heavy (non-hydrogen) atoms. The van der Waals surface area contributed by atoms with E-state index in [1.165, 1.54) is 22.7 Å². The minimum Gasteiger partial charge on any atom is -0.250 e. The van der Waals surface area contributed by atoms with Gasteiger partial charge in [-0.1, -0.05) is 0 Å². The van der Waals surface area contributed by atoms with Gasteiger partial charge in [0, 0.05) is 18.3 Å². The zero-order valence-electron chi connectivity index (χ0n) is 9.51. The Morgan fingerprint density at radius 3 is 2.83 bits per heavy atom. The van der Waals surface area contributed by atoms with E-state index in [1.54, 1.807) is 11.6 Å². The molecule has 2 aromatic heterocycles. The summed E-state index contributed by atoms with van der Waals surface area (Å²) in [5.74, 6) is 0. The molecule has 0 bridgehead atoms. The van der Waals surface area contributed by atoms with Gasteiger partial charge >= 0.3 is 0 Å². The second-order valence-corrected chi connectivity index (χ2v) is 8.73. The number of halogens is 1. The van der Waals surface area contributed by atoms with Crippen LogP contribution in [0.1, 0.15) is 11.3 Å². The van der Waals surface area contributed by atoms with Crippen LogP contribution in [0, 0.1) is 6.92 Å². The van der Waals surface area contributed by atoms with Crippen molar-refractivity contribution in [2.24, 2.45) is 0 Å². The molecule has 0 unspecified atom stereocenters. The third-order valence-electron chi connectivity index (χ3n) is 2.26. The van der Waals surface area contributed by atoms with E-state index in [4.69, 9.17) is 0 Å². The number of hydrogen-bond acceptors (Lipinski definition) is 5.